The second kappa shape index (κ2) is 8.51. The fourth-order valence-corrected chi connectivity index (χ4v) is 3.14. The molecule has 2 aromatic rings. The molecule has 1 amide bonds. The van der Waals surface area contributed by atoms with Crippen molar-refractivity contribution in [1.82, 2.24) is 0 Å². The maximum Gasteiger partial charge on any atom is 0.501 e. The number of nitrogens with one attached hydrogen (secondary N) is 1. The van der Waals surface area contributed by atoms with Crippen LogP contribution < -0.4 is 14.8 Å². The average molecular weight is 417 g/mol. The van der Waals surface area contributed by atoms with Gasteiger partial charge in [0.1, 0.15) is 11.5 Å². The molecule has 0 bridgehead atoms. The molecule has 0 aliphatic rings. The number of carbonyl (C=O) groups excluding carboxylic acids is 1. The third kappa shape index (κ3) is 4.94. The van der Waals surface area contributed by atoms with Crippen molar-refractivity contribution >= 4 is 21.4 Å². The van der Waals surface area contributed by atoms with E-state index in [4.69, 9.17) is 9.47 Å². The molecule has 0 aromatic heterocycles. The van der Waals surface area contributed by atoms with Gasteiger partial charge in [-0.05, 0) is 42.3 Å². The van der Waals surface area contributed by atoms with Crippen molar-refractivity contribution in [3.8, 4) is 11.5 Å². The first kappa shape index (κ1) is 21.5. The summed E-state index contributed by atoms with van der Waals surface area (Å²) in [4.78, 5) is 11.2. The van der Waals surface area contributed by atoms with E-state index in [0.717, 1.165) is 23.8 Å². The highest BCUT2D eigenvalue weighted by atomic mass is 32.2. The van der Waals surface area contributed by atoms with Gasteiger partial charge in [0.2, 0.25) is 5.91 Å². The summed E-state index contributed by atoms with van der Waals surface area (Å²) >= 11 is 0. The number of hydrogen-bond donors (Lipinski definition) is 1. The van der Waals surface area contributed by atoms with Gasteiger partial charge in [-0.15, -0.1) is 0 Å². The zero-order valence-corrected chi connectivity index (χ0v) is 15.9. The summed E-state index contributed by atoms with van der Waals surface area (Å²) in [7, 11) is -2.76. The quantitative estimate of drug-likeness (QED) is 0.745. The number of amides is 1. The van der Waals surface area contributed by atoms with Crippen LogP contribution in [0.25, 0.3) is 0 Å². The lowest BCUT2D eigenvalue weighted by atomic mass is 10.1. The number of hydrogen-bond acceptors (Lipinski definition) is 5. The van der Waals surface area contributed by atoms with Gasteiger partial charge in [-0.3, -0.25) is 4.79 Å². The Morgan fingerprint density at radius 2 is 1.68 bits per heavy atom. The number of carbonyl (C=O) groups is 1. The molecular weight excluding hydrogens is 399 g/mol. The molecule has 0 fully saturated rings. The summed E-state index contributed by atoms with van der Waals surface area (Å²) in [5, 5.41) is 2.40. The minimum absolute atomic E-state index is 0.0335. The van der Waals surface area contributed by atoms with E-state index in [0.29, 0.717) is 12.2 Å². The van der Waals surface area contributed by atoms with Gasteiger partial charge in [0.25, 0.3) is 9.84 Å². The summed E-state index contributed by atoms with van der Waals surface area (Å²) in [5.41, 5.74) is -4.75. The minimum Gasteiger partial charge on any atom is -0.497 e. The molecule has 28 heavy (non-hydrogen) atoms. The molecule has 0 aliphatic carbocycles. The number of aryl methyl sites for hydroxylation is 1. The van der Waals surface area contributed by atoms with Crippen LogP contribution in [0.3, 0.4) is 0 Å². The zero-order chi connectivity index (χ0) is 20.9. The lowest BCUT2D eigenvalue weighted by Gasteiger charge is -2.13. The lowest BCUT2D eigenvalue weighted by Crippen LogP contribution is -2.23. The maximum atomic E-state index is 12.7. The molecule has 0 unspecified atom stereocenters. The number of benzene rings is 2. The van der Waals surface area contributed by atoms with Crippen LogP contribution in [0.2, 0.25) is 0 Å². The van der Waals surface area contributed by atoms with Crippen LogP contribution in [0, 0.1) is 0 Å². The Bertz CT molecular complexity index is 941. The van der Waals surface area contributed by atoms with E-state index in [1.807, 2.05) is 0 Å². The van der Waals surface area contributed by atoms with Crippen LogP contribution >= 0.6 is 0 Å². The van der Waals surface area contributed by atoms with Gasteiger partial charge in [-0.1, -0.05) is 12.1 Å². The standard InChI is InChI=1S/C18H18F3NO5S/c1-26-13-6-3-12(4-7-13)5-10-17(23)22-15-11-14(8-9-16(15)27-2)28(24,25)18(19,20)21/h3-4,6-9,11H,5,10H2,1-2H3,(H,22,23). The minimum atomic E-state index is -5.54. The molecule has 2 aromatic carbocycles. The summed E-state index contributed by atoms with van der Waals surface area (Å²) in [6, 6.07) is 9.59. The van der Waals surface area contributed by atoms with Crippen LogP contribution in [-0.4, -0.2) is 34.1 Å². The Hall–Kier alpha value is -2.75. The van der Waals surface area contributed by atoms with Crippen molar-refractivity contribution in [3.05, 3.63) is 48.0 Å². The Balaban J connectivity index is 2.15. The van der Waals surface area contributed by atoms with Gasteiger partial charge >= 0.3 is 5.51 Å². The molecule has 0 aliphatic heterocycles. The smallest absolute Gasteiger partial charge is 0.497 e. The van der Waals surface area contributed by atoms with Gasteiger partial charge in [-0.2, -0.15) is 13.2 Å². The first-order valence-electron chi connectivity index (χ1n) is 8.00. The van der Waals surface area contributed by atoms with Gasteiger partial charge in [0.15, 0.2) is 0 Å². The number of rotatable bonds is 7. The largest absolute Gasteiger partial charge is 0.501 e. The van der Waals surface area contributed by atoms with E-state index in [9.17, 15) is 26.4 Å². The summed E-state index contributed by atoms with van der Waals surface area (Å²) in [6.45, 7) is 0. The van der Waals surface area contributed by atoms with E-state index in [-0.39, 0.29) is 17.9 Å². The van der Waals surface area contributed by atoms with Crippen LogP contribution in [0.5, 0.6) is 11.5 Å². The molecule has 1 N–H and O–H groups in total. The highest BCUT2D eigenvalue weighted by molar-refractivity contribution is 7.92. The fraction of sp³-hybridized carbons (Fsp3) is 0.278. The van der Waals surface area contributed by atoms with Crippen molar-refractivity contribution in [3.63, 3.8) is 0 Å². The monoisotopic (exact) mass is 417 g/mol. The number of alkyl halides is 3. The Morgan fingerprint density at radius 3 is 2.21 bits per heavy atom. The highest BCUT2D eigenvalue weighted by Crippen LogP contribution is 2.34. The summed E-state index contributed by atoms with van der Waals surface area (Å²) in [5.74, 6) is 0.204. The maximum absolute atomic E-state index is 12.7. The second-order valence-corrected chi connectivity index (χ2v) is 7.65. The molecular formula is C18H18F3NO5S. The van der Waals surface area contributed by atoms with E-state index in [1.54, 1.807) is 24.3 Å². The molecule has 0 radical (unpaired) electrons. The Morgan fingerprint density at radius 1 is 1.04 bits per heavy atom. The number of anilines is 1. The molecule has 6 nitrogen and oxygen atoms in total. The van der Waals surface area contributed by atoms with Crippen molar-refractivity contribution in [1.29, 1.82) is 0 Å². The lowest BCUT2D eigenvalue weighted by molar-refractivity contribution is -0.116. The zero-order valence-electron chi connectivity index (χ0n) is 15.0. The first-order chi connectivity index (χ1) is 13.1. The molecule has 0 saturated carbocycles. The van der Waals surface area contributed by atoms with Crippen LogP contribution in [-0.2, 0) is 21.1 Å². The van der Waals surface area contributed by atoms with E-state index < -0.39 is 26.1 Å². The number of sulfone groups is 1. The highest BCUT2D eigenvalue weighted by Gasteiger charge is 2.47. The molecule has 2 rings (SSSR count). The van der Waals surface area contributed by atoms with E-state index in [1.165, 1.54) is 14.2 Å². The van der Waals surface area contributed by atoms with Crippen molar-refractivity contribution in [2.45, 2.75) is 23.2 Å². The number of methoxy groups -OCH3 is 2. The van der Waals surface area contributed by atoms with Crippen molar-refractivity contribution < 1.29 is 35.9 Å². The van der Waals surface area contributed by atoms with Gasteiger partial charge in [0, 0.05) is 6.42 Å². The third-order valence-electron chi connectivity index (χ3n) is 3.86. The van der Waals surface area contributed by atoms with Gasteiger partial charge in [-0.25, -0.2) is 8.42 Å². The first-order valence-corrected chi connectivity index (χ1v) is 9.49. The van der Waals surface area contributed by atoms with Crippen LogP contribution in [0.1, 0.15) is 12.0 Å². The second-order valence-electron chi connectivity index (χ2n) is 5.71. The average Bonchev–Trinajstić information content (AvgIpc) is 2.65. The van der Waals surface area contributed by atoms with E-state index >= 15 is 0 Å². The normalized spacial score (nSPS) is 11.8. The summed E-state index contributed by atoms with van der Waals surface area (Å²) < 4.78 is 71.4. The predicted molar refractivity (Wildman–Crippen MR) is 96.2 cm³/mol. The topological polar surface area (TPSA) is 81.7 Å². The third-order valence-corrected chi connectivity index (χ3v) is 5.34. The molecule has 152 valence electrons. The Labute approximate surface area is 160 Å². The Kier molecular flexibility index (Phi) is 6.55. The predicted octanol–water partition coefficient (Wildman–Crippen LogP) is 3.57. The van der Waals surface area contributed by atoms with Crippen molar-refractivity contribution in [2.75, 3.05) is 19.5 Å². The number of halogens is 3. The van der Waals surface area contributed by atoms with Gasteiger partial charge < -0.3 is 14.8 Å². The SMILES string of the molecule is COc1ccc(CCC(=O)Nc2cc(S(=O)(=O)C(F)(F)F)ccc2OC)cc1. The number of ether oxygens (including phenoxy) is 2. The molecule has 0 heterocycles. The van der Waals surface area contributed by atoms with Crippen LogP contribution in [0.15, 0.2) is 47.4 Å². The molecule has 0 atom stereocenters. The molecule has 10 heteroatoms. The fourth-order valence-electron chi connectivity index (χ4n) is 2.35. The molecule has 0 spiro atoms. The van der Waals surface area contributed by atoms with E-state index in [2.05, 4.69) is 5.32 Å². The van der Waals surface area contributed by atoms with Crippen LogP contribution in [0.4, 0.5) is 18.9 Å². The molecule has 0 saturated heterocycles. The summed E-state index contributed by atoms with van der Waals surface area (Å²) in [6.07, 6.45) is 0.407. The van der Waals surface area contributed by atoms with Crippen molar-refractivity contribution in [2.24, 2.45) is 0 Å². The van der Waals surface area contributed by atoms with Gasteiger partial charge in [0.05, 0.1) is 24.8 Å².